The second-order valence-corrected chi connectivity index (χ2v) is 8.85. The minimum Gasteiger partial charge on any atom is -0.493 e. The number of hydrogen-bond donors (Lipinski definition) is 1. The molecule has 1 fully saturated rings. The van der Waals surface area contributed by atoms with Crippen molar-refractivity contribution in [3.8, 4) is 5.75 Å². The number of carbonyl (C=O) groups excluding carboxylic acids is 2. The molecule has 2 aliphatic rings. The SMILES string of the molecule is O=C(NCC1COc2ccccc2C1)C1CCCN(C(=O)c2cccc3ccccc23)C1. The number of rotatable bonds is 4. The van der Waals surface area contributed by atoms with E-state index in [1.54, 1.807) is 0 Å². The third kappa shape index (κ3) is 4.20. The zero-order valence-corrected chi connectivity index (χ0v) is 18.1. The lowest BCUT2D eigenvalue weighted by atomic mass is 9.94. The molecule has 1 N–H and O–H groups in total. The molecule has 3 aromatic rings. The summed E-state index contributed by atoms with van der Waals surface area (Å²) in [6.45, 7) is 2.38. The van der Waals surface area contributed by atoms with E-state index in [9.17, 15) is 9.59 Å². The Balaban J connectivity index is 1.20. The van der Waals surface area contributed by atoms with Gasteiger partial charge in [0.05, 0.1) is 12.5 Å². The molecule has 0 spiro atoms. The van der Waals surface area contributed by atoms with Crippen LogP contribution in [0.1, 0.15) is 28.8 Å². The summed E-state index contributed by atoms with van der Waals surface area (Å²) in [6.07, 6.45) is 2.57. The zero-order valence-electron chi connectivity index (χ0n) is 18.1. The first kappa shape index (κ1) is 20.6. The molecule has 5 heteroatoms. The predicted molar refractivity (Wildman–Crippen MR) is 125 cm³/mol. The molecule has 0 radical (unpaired) electrons. The van der Waals surface area contributed by atoms with Crippen LogP contribution in [0.4, 0.5) is 0 Å². The maximum atomic E-state index is 13.3. The number of likely N-dealkylation sites (tertiary alicyclic amines) is 1. The largest absolute Gasteiger partial charge is 0.493 e. The Hall–Kier alpha value is -3.34. The molecule has 0 aliphatic carbocycles. The van der Waals surface area contributed by atoms with Crippen molar-refractivity contribution in [2.75, 3.05) is 26.2 Å². The maximum Gasteiger partial charge on any atom is 0.254 e. The molecule has 2 atom stereocenters. The van der Waals surface area contributed by atoms with Crippen LogP contribution in [0.25, 0.3) is 10.8 Å². The third-order valence-corrected chi connectivity index (χ3v) is 6.62. The van der Waals surface area contributed by atoms with Crippen LogP contribution < -0.4 is 10.1 Å². The monoisotopic (exact) mass is 428 g/mol. The first-order chi connectivity index (χ1) is 15.7. The van der Waals surface area contributed by atoms with Crippen molar-refractivity contribution in [1.29, 1.82) is 0 Å². The van der Waals surface area contributed by atoms with Crippen LogP contribution in [0.3, 0.4) is 0 Å². The van der Waals surface area contributed by atoms with Gasteiger partial charge in [-0.2, -0.15) is 0 Å². The quantitative estimate of drug-likeness (QED) is 0.682. The van der Waals surface area contributed by atoms with Gasteiger partial charge in [0.15, 0.2) is 0 Å². The highest BCUT2D eigenvalue weighted by atomic mass is 16.5. The van der Waals surface area contributed by atoms with Crippen LogP contribution in [0.2, 0.25) is 0 Å². The average molecular weight is 429 g/mol. The van der Waals surface area contributed by atoms with E-state index in [2.05, 4.69) is 11.4 Å². The number of benzene rings is 3. The van der Waals surface area contributed by atoms with Gasteiger partial charge >= 0.3 is 0 Å². The summed E-state index contributed by atoms with van der Waals surface area (Å²) in [5, 5.41) is 5.14. The van der Waals surface area contributed by atoms with Crippen molar-refractivity contribution < 1.29 is 14.3 Å². The molecule has 5 nitrogen and oxygen atoms in total. The average Bonchev–Trinajstić information content (AvgIpc) is 2.86. The van der Waals surface area contributed by atoms with Crippen LogP contribution in [0.15, 0.2) is 66.7 Å². The normalized spacial score (nSPS) is 20.3. The summed E-state index contributed by atoms with van der Waals surface area (Å²) in [7, 11) is 0. The number of para-hydroxylation sites is 1. The molecule has 2 amide bonds. The Kier molecular flexibility index (Phi) is 5.80. The molecule has 32 heavy (non-hydrogen) atoms. The summed E-state index contributed by atoms with van der Waals surface area (Å²) in [5.74, 6) is 1.10. The number of ether oxygens (including phenoxy) is 1. The molecule has 2 unspecified atom stereocenters. The van der Waals surface area contributed by atoms with Crippen LogP contribution in [0.5, 0.6) is 5.75 Å². The standard InChI is InChI=1S/C27H28N2O3/c30-26(28-16-19-15-21-8-2-4-13-25(21)32-18-19)22-10-6-14-29(17-22)27(31)24-12-5-9-20-7-1-3-11-23(20)24/h1-5,7-9,11-13,19,22H,6,10,14-18H2,(H,28,30). The number of nitrogens with zero attached hydrogens (tertiary/aromatic N) is 1. The summed E-state index contributed by atoms with van der Waals surface area (Å²) in [6, 6.07) is 21.9. The van der Waals surface area contributed by atoms with Crippen molar-refractivity contribution >= 4 is 22.6 Å². The van der Waals surface area contributed by atoms with Crippen molar-refractivity contribution in [1.82, 2.24) is 10.2 Å². The van der Waals surface area contributed by atoms with E-state index < -0.39 is 0 Å². The van der Waals surface area contributed by atoms with Gasteiger partial charge in [0, 0.05) is 31.1 Å². The molecule has 2 aliphatic heterocycles. The van der Waals surface area contributed by atoms with Gasteiger partial charge in [-0.25, -0.2) is 0 Å². The number of hydrogen-bond acceptors (Lipinski definition) is 3. The van der Waals surface area contributed by atoms with Gasteiger partial charge < -0.3 is 15.0 Å². The Morgan fingerprint density at radius 2 is 1.81 bits per heavy atom. The second-order valence-electron chi connectivity index (χ2n) is 8.85. The van der Waals surface area contributed by atoms with Gasteiger partial charge in [-0.3, -0.25) is 9.59 Å². The lowest BCUT2D eigenvalue weighted by molar-refractivity contribution is -0.126. The molecule has 0 bridgehead atoms. The minimum atomic E-state index is -0.167. The molecule has 1 saturated heterocycles. The molecule has 164 valence electrons. The Morgan fingerprint density at radius 3 is 2.75 bits per heavy atom. The fourth-order valence-electron chi connectivity index (χ4n) is 4.87. The van der Waals surface area contributed by atoms with Gasteiger partial charge in [0.25, 0.3) is 5.91 Å². The molecule has 0 aromatic heterocycles. The van der Waals surface area contributed by atoms with E-state index in [0.717, 1.165) is 35.8 Å². The molecule has 5 rings (SSSR count). The second kappa shape index (κ2) is 9.03. The number of amides is 2. The number of carbonyl (C=O) groups is 2. The lowest BCUT2D eigenvalue weighted by Crippen LogP contribution is -2.46. The summed E-state index contributed by atoms with van der Waals surface area (Å²) < 4.78 is 5.84. The fraction of sp³-hybridized carbons (Fsp3) is 0.333. The van der Waals surface area contributed by atoms with Crippen molar-refractivity contribution in [3.05, 3.63) is 77.9 Å². The minimum absolute atomic E-state index is 0.0107. The first-order valence-electron chi connectivity index (χ1n) is 11.4. The number of piperidine rings is 1. The van der Waals surface area contributed by atoms with Crippen LogP contribution in [0, 0.1) is 11.8 Å². The van der Waals surface area contributed by atoms with Crippen molar-refractivity contribution in [2.24, 2.45) is 11.8 Å². The summed E-state index contributed by atoms with van der Waals surface area (Å²) >= 11 is 0. The van der Waals surface area contributed by atoms with E-state index >= 15 is 0 Å². The van der Waals surface area contributed by atoms with Crippen molar-refractivity contribution in [3.63, 3.8) is 0 Å². The van der Waals surface area contributed by atoms with Crippen molar-refractivity contribution in [2.45, 2.75) is 19.3 Å². The van der Waals surface area contributed by atoms with E-state index in [-0.39, 0.29) is 23.7 Å². The van der Waals surface area contributed by atoms with Gasteiger partial charge in [0.2, 0.25) is 5.91 Å². The van der Waals surface area contributed by atoms with E-state index in [1.165, 1.54) is 5.56 Å². The highest BCUT2D eigenvalue weighted by Crippen LogP contribution is 2.27. The van der Waals surface area contributed by atoms with Gasteiger partial charge in [-0.05, 0) is 47.7 Å². The summed E-state index contributed by atoms with van der Waals surface area (Å²) in [4.78, 5) is 28.0. The molecular weight excluding hydrogens is 400 g/mol. The van der Waals surface area contributed by atoms with E-state index in [1.807, 2.05) is 65.6 Å². The third-order valence-electron chi connectivity index (χ3n) is 6.62. The molecule has 2 heterocycles. The highest BCUT2D eigenvalue weighted by Gasteiger charge is 2.30. The molecule has 0 saturated carbocycles. The van der Waals surface area contributed by atoms with Crippen LogP contribution in [-0.4, -0.2) is 43.0 Å². The Bertz CT molecular complexity index is 1140. The Morgan fingerprint density at radius 1 is 1.00 bits per heavy atom. The topological polar surface area (TPSA) is 58.6 Å². The smallest absolute Gasteiger partial charge is 0.254 e. The lowest BCUT2D eigenvalue weighted by Gasteiger charge is -2.33. The van der Waals surface area contributed by atoms with E-state index in [4.69, 9.17) is 4.74 Å². The predicted octanol–water partition coefficient (Wildman–Crippen LogP) is 4.06. The zero-order chi connectivity index (χ0) is 21.9. The highest BCUT2D eigenvalue weighted by molar-refractivity contribution is 6.07. The fourth-order valence-corrected chi connectivity index (χ4v) is 4.87. The first-order valence-corrected chi connectivity index (χ1v) is 11.4. The maximum absolute atomic E-state index is 13.3. The molecular formula is C27H28N2O3. The van der Waals surface area contributed by atoms with Gasteiger partial charge in [0.1, 0.15) is 5.75 Å². The van der Waals surface area contributed by atoms with Crippen LogP contribution in [-0.2, 0) is 11.2 Å². The van der Waals surface area contributed by atoms with Gasteiger partial charge in [-0.1, -0.05) is 54.6 Å². The molecule has 3 aromatic carbocycles. The summed E-state index contributed by atoms with van der Waals surface area (Å²) in [5.41, 5.74) is 1.91. The van der Waals surface area contributed by atoms with Crippen LogP contribution >= 0.6 is 0 Å². The number of fused-ring (bicyclic) bond motifs is 2. The number of nitrogens with one attached hydrogen (secondary N) is 1. The van der Waals surface area contributed by atoms with Gasteiger partial charge in [-0.15, -0.1) is 0 Å². The Labute approximate surface area is 188 Å². The van der Waals surface area contributed by atoms with E-state index in [0.29, 0.717) is 31.8 Å².